The third-order valence-electron chi connectivity index (χ3n) is 5.85. The lowest BCUT2D eigenvalue weighted by Crippen LogP contribution is -2.34. The number of aliphatic hydroxyl groups excluding tert-OH is 1. The highest BCUT2D eigenvalue weighted by molar-refractivity contribution is 4.86. The van der Waals surface area contributed by atoms with Crippen molar-refractivity contribution in [3.05, 3.63) is 0 Å². The molecule has 0 saturated heterocycles. The Balaban J connectivity index is 1.82. The predicted molar refractivity (Wildman–Crippen MR) is 77.5 cm³/mol. The highest BCUT2D eigenvalue weighted by Gasteiger charge is 2.35. The number of rotatable bonds is 5. The zero-order chi connectivity index (χ0) is 13.0. The van der Waals surface area contributed by atoms with Crippen LogP contribution in [0.1, 0.15) is 78.1 Å². The topological polar surface area (TPSA) is 20.2 Å². The van der Waals surface area contributed by atoms with E-state index in [9.17, 15) is 5.11 Å². The van der Waals surface area contributed by atoms with Crippen LogP contribution in [0, 0.1) is 23.7 Å². The fraction of sp³-hybridized carbons (Fsp3) is 1.00. The van der Waals surface area contributed by atoms with Crippen LogP contribution in [-0.2, 0) is 0 Å². The summed E-state index contributed by atoms with van der Waals surface area (Å²) in [5.74, 6) is 3.32. The van der Waals surface area contributed by atoms with Crippen LogP contribution in [0.3, 0.4) is 0 Å². The van der Waals surface area contributed by atoms with Gasteiger partial charge in [-0.2, -0.15) is 0 Å². The molecule has 0 aromatic heterocycles. The first-order valence-corrected chi connectivity index (χ1v) is 8.42. The van der Waals surface area contributed by atoms with Crippen LogP contribution in [0.4, 0.5) is 0 Å². The van der Waals surface area contributed by atoms with Crippen molar-refractivity contribution in [1.29, 1.82) is 0 Å². The summed E-state index contributed by atoms with van der Waals surface area (Å²) in [6, 6.07) is 0. The van der Waals surface area contributed by atoms with Gasteiger partial charge >= 0.3 is 0 Å². The van der Waals surface area contributed by atoms with Crippen molar-refractivity contribution in [2.45, 2.75) is 84.2 Å². The molecule has 0 bridgehead atoms. The third kappa shape index (κ3) is 3.50. The van der Waals surface area contributed by atoms with Crippen LogP contribution in [-0.4, -0.2) is 11.2 Å². The highest BCUT2D eigenvalue weighted by Crippen LogP contribution is 2.44. The molecule has 0 heterocycles. The van der Waals surface area contributed by atoms with Crippen LogP contribution in [0.2, 0.25) is 0 Å². The smallest absolute Gasteiger partial charge is 0.0571 e. The normalized spacial score (nSPS) is 34.3. The van der Waals surface area contributed by atoms with Crippen molar-refractivity contribution in [1.82, 2.24) is 0 Å². The van der Waals surface area contributed by atoms with Gasteiger partial charge in [0.25, 0.3) is 0 Å². The first-order valence-electron chi connectivity index (χ1n) is 8.42. The summed E-state index contributed by atoms with van der Waals surface area (Å²) in [7, 11) is 0. The molecule has 0 spiro atoms. The molecular weight excluding hydrogens is 220 g/mol. The van der Waals surface area contributed by atoms with Gasteiger partial charge in [0.15, 0.2) is 0 Å². The molecule has 2 aliphatic carbocycles. The first kappa shape index (κ1) is 14.4. The second-order valence-corrected chi connectivity index (χ2v) is 6.86. The molecule has 0 aliphatic heterocycles. The van der Waals surface area contributed by atoms with E-state index in [1.165, 1.54) is 57.8 Å². The second-order valence-electron chi connectivity index (χ2n) is 6.86. The van der Waals surface area contributed by atoms with Crippen LogP contribution in [0.25, 0.3) is 0 Å². The molecule has 0 aromatic rings. The van der Waals surface area contributed by atoms with E-state index < -0.39 is 0 Å². The molecule has 2 rings (SSSR count). The van der Waals surface area contributed by atoms with Crippen molar-refractivity contribution >= 4 is 0 Å². The van der Waals surface area contributed by atoms with E-state index in [-0.39, 0.29) is 6.10 Å². The largest absolute Gasteiger partial charge is 0.393 e. The predicted octanol–water partition coefficient (Wildman–Crippen LogP) is 4.78. The van der Waals surface area contributed by atoms with Crippen molar-refractivity contribution in [2.24, 2.45) is 23.7 Å². The average Bonchev–Trinajstić information content (AvgIpc) is 2.44. The van der Waals surface area contributed by atoms with Crippen molar-refractivity contribution in [3.8, 4) is 0 Å². The van der Waals surface area contributed by atoms with Crippen LogP contribution in [0.5, 0.6) is 0 Å². The van der Waals surface area contributed by atoms with E-state index in [1.54, 1.807) is 0 Å². The number of fused-ring (bicyclic) bond motifs is 1. The monoisotopic (exact) mass is 252 g/mol. The molecule has 0 aromatic carbocycles. The summed E-state index contributed by atoms with van der Waals surface area (Å²) in [6.07, 6.45) is 13.3. The van der Waals surface area contributed by atoms with Gasteiger partial charge in [0.1, 0.15) is 0 Å². The SMILES string of the molecule is CCC(CC)CC(O)C1CCC2CCCCC2C1. The van der Waals surface area contributed by atoms with Crippen molar-refractivity contribution < 1.29 is 5.11 Å². The lowest BCUT2D eigenvalue weighted by molar-refractivity contribution is 0.0212. The Bertz CT molecular complexity index is 234. The van der Waals surface area contributed by atoms with Gasteiger partial charge < -0.3 is 5.11 Å². The fourth-order valence-corrected chi connectivity index (χ4v) is 4.42. The molecule has 4 atom stereocenters. The molecular formula is C17H32O. The van der Waals surface area contributed by atoms with E-state index in [0.717, 1.165) is 24.2 Å². The lowest BCUT2D eigenvalue weighted by atomic mass is 9.66. The Labute approximate surface area is 113 Å². The standard InChI is InChI=1S/C17H32O/c1-3-13(4-2)11-17(18)16-10-9-14-7-5-6-8-15(14)12-16/h13-18H,3-12H2,1-2H3. The zero-order valence-electron chi connectivity index (χ0n) is 12.4. The Hall–Kier alpha value is -0.0400. The molecule has 0 radical (unpaired) electrons. The van der Waals surface area contributed by atoms with Gasteiger partial charge in [-0.3, -0.25) is 0 Å². The minimum Gasteiger partial charge on any atom is -0.393 e. The fourth-order valence-electron chi connectivity index (χ4n) is 4.42. The summed E-state index contributed by atoms with van der Waals surface area (Å²) >= 11 is 0. The molecule has 18 heavy (non-hydrogen) atoms. The average molecular weight is 252 g/mol. The summed E-state index contributed by atoms with van der Waals surface area (Å²) in [6.45, 7) is 4.53. The molecule has 2 fully saturated rings. The number of hydrogen-bond acceptors (Lipinski definition) is 1. The Morgan fingerprint density at radius 1 is 0.944 bits per heavy atom. The maximum atomic E-state index is 10.5. The molecule has 106 valence electrons. The minimum atomic E-state index is -0.0159. The number of aliphatic hydroxyl groups is 1. The molecule has 0 amide bonds. The van der Waals surface area contributed by atoms with Crippen LogP contribution >= 0.6 is 0 Å². The first-order chi connectivity index (χ1) is 8.74. The van der Waals surface area contributed by atoms with Gasteiger partial charge in [0.2, 0.25) is 0 Å². The van der Waals surface area contributed by atoms with Gasteiger partial charge in [-0.15, -0.1) is 0 Å². The Kier molecular flexibility index (Phi) is 5.54. The van der Waals surface area contributed by atoms with Crippen LogP contribution in [0.15, 0.2) is 0 Å². The van der Waals surface area contributed by atoms with Gasteiger partial charge in [-0.25, -0.2) is 0 Å². The third-order valence-corrected chi connectivity index (χ3v) is 5.85. The van der Waals surface area contributed by atoms with E-state index in [0.29, 0.717) is 5.92 Å². The molecule has 1 nitrogen and oxygen atoms in total. The van der Waals surface area contributed by atoms with E-state index in [2.05, 4.69) is 13.8 Å². The second kappa shape index (κ2) is 6.93. The van der Waals surface area contributed by atoms with E-state index >= 15 is 0 Å². The highest BCUT2D eigenvalue weighted by atomic mass is 16.3. The summed E-state index contributed by atoms with van der Waals surface area (Å²) in [5, 5.41) is 10.5. The van der Waals surface area contributed by atoms with Gasteiger partial charge in [0, 0.05) is 0 Å². The summed E-state index contributed by atoms with van der Waals surface area (Å²) in [4.78, 5) is 0. The quantitative estimate of drug-likeness (QED) is 0.746. The van der Waals surface area contributed by atoms with Crippen molar-refractivity contribution in [3.63, 3.8) is 0 Å². The Morgan fingerprint density at radius 3 is 2.28 bits per heavy atom. The zero-order valence-corrected chi connectivity index (χ0v) is 12.4. The van der Waals surface area contributed by atoms with Crippen LogP contribution < -0.4 is 0 Å². The van der Waals surface area contributed by atoms with Crippen molar-refractivity contribution in [2.75, 3.05) is 0 Å². The van der Waals surface area contributed by atoms with E-state index in [4.69, 9.17) is 0 Å². The van der Waals surface area contributed by atoms with Gasteiger partial charge in [-0.05, 0) is 49.4 Å². The summed E-state index contributed by atoms with van der Waals surface area (Å²) in [5.41, 5.74) is 0. The van der Waals surface area contributed by atoms with Gasteiger partial charge in [0.05, 0.1) is 6.10 Å². The Morgan fingerprint density at radius 2 is 1.61 bits per heavy atom. The lowest BCUT2D eigenvalue weighted by Gasteiger charge is -2.41. The van der Waals surface area contributed by atoms with Gasteiger partial charge in [-0.1, -0.05) is 52.4 Å². The molecule has 2 aliphatic rings. The summed E-state index contributed by atoms with van der Waals surface area (Å²) < 4.78 is 0. The minimum absolute atomic E-state index is 0.0159. The number of hydrogen-bond donors (Lipinski definition) is 1. The molecule has 1 heteroatoms. The maximum absolute atomic E-state index is 10.5. The molecule has 2 saturated carbocycles. The molecule has 1 N–H and O–H groups in total. The molecule has 4 unspecified atom stereocenters. The maximum Gasteiger partial charge on any atom is 0.0571 e. The van der Waals surface area contributed by atoms with E-state index in [1.807, 2.05) is 0 Å².